The largest absolute Gasteiger partial charge is 0.465 e. The van der Waals surface area contributed by atoms with E-state index in [-0.39, 0.29) is 5.97 Å². The summed E-state index contributed by atoms with van der Waals surface area (Å²) in [6, 6.07) is 5.58. The van der Waals surface area contributed by atoms with E-state index in [1.54, 1.807) is 6.07 Å². The molecule has 0 unspecified atom stereocenters. The predicted octanol–water partition coefficient (Wildman–Crippen LogP) is 2.83. The molecule has 1 aliphatic heterocycles. The number of para-hydroxylation sites is 1. The Balaban J connectivity index is 2.25. The fourth-order valence-corrected chi connectivity index (χ4v) is 2.61. The highest BCUT2D eigenvalue weighted by Crippen LogP contribution is 2.28. The van der Waals surface area contributed by atoms with E-state index in [9.17, 15) is 4.79 Å². The number of nitrogens with zero attached hydrogens (tertiary/aromatic N) is 1. The van der Waals surface area contributed by atoms with Crippen LogP contribution in [0.25, 0.3) is 0 Å². The second-order valence-corrected chi connectivity index (χ2v) is 4.98. The van der Waals surface area contributed by atoms with Crippen LogP contribution < -0.4 is 10.6 Å². The molecule has 1 heterocycles. The first kappa shape index (κ1) is 13.7. The molecule has 4 nitrogen and oxygen atoms in total. The van der Waals surface area contributed by atoms with Gasteiger partial charge in [-0.25, -0.2) is 4.79 Å². The van der Waals surface area contributed by atoms with Gasteiger partial charge in [0.25, 0.3) is 0 Å². The Bertz CT molecular complexity index is 438. The fraction of sp³-hybridized carbons (Fsp3) is 0.533. The molecule has 0 spiro atoms. The summed E-state index contributed by atoms with van der Waals surface area (Å²) in [5.74, 6) is -0.369. The van der Waals surface area contributed by atoms with Gasteiger partial charge in [0.05, 0.1) is 24.0 Å². The van der Waals surface area contributed by atoms with Gasteiger partial charge in [0.15, 0.2) is 0 Å². The number of hydrogen-bond donors (Lipinski definition) is 1. The highest BCUT2D eigenvalue weighted by atomic mass is 16.5. The first-order valence-corrected chi connectivity index (χ1v) is 6.96. The number of esters is 1. The Morgan fingerprint density at radius 1 is 1.16 bits per heavy atom. The minimum atomic E-state index is -0.369. The Hall–Kier alpha value is -1.71. The Labute approximate surface area is 114 Å². The molecule has 0 saturated carbocycles. The van der Waals surface area contributed by atoms with Crippen LogP contribution in [0.15, 0.2) is 18.2 Å². The Kier molecular flexibility index (Phi) is 4.66. The molecule has 19 heavy (non-hydrogen) atoms. The summed E-state index contributed by atoms with van der Waals surface area (Å²) >= 11 is 0. The maximum Gasteiger partial charge on any atom is 0.340 e. The molecule has 0 atom stereocenters. The van der Waals surface area contributed by atoms with Crippen molar-refractivity contribution < 1.29 is 9.53 Å². The summed E-state index contributed by atoms with van der Waals surface area (Å²) in [4.78, 5) is 14.0. The molecule has 0 amide bonds. The highest BCUT2D eigenvalue weighted by molar-refractivity contribution is 5.98. The van der Waals surface area contributed by atoms with E-state index in [2.05, 4.69) is 4.90 Å². The molecule has 1 aromatic carbocycles. The lowest BCUT2D eigenvalue weighted by atomic mass is 10.1. The first-order chi connectivity index (χ1) is 9.24. The third kappa shape index (κ3) is 3.19. The van der Waals surface area contributed by atoms with E-state index in [1.807, 2.05) is 12.1 Å². The molecule has 1 saturated heterocycles. The van der Waals surface area contributed by atoms with E-state index in [4.69, 9.17) is 10.5 Å². The van der Waals surface area contributed by atoms with Crippen molar-refractivity contribution >= 4 is 17.3 Å². The number of methoxy groups -OCH3 is 1. The van der Waals surface area contributed by atoms with Gasteiger partial charge in [0.1, 0.15) is 0 Å². The van der Waals surface area contributed by atoms with Crippen LogP contribution in [0.4, 0.5) is 11.4 Å². The number of benzene rings is 1. The van der Waals surface area contributed by atoms with Crippen molar-refractivity contribution in [1.29, 1.82) is 0 Å². The van der Waals surface area contributed by atoms with Crippen LogP contribution in [0, 0.1) is 0 Å². The van der Waals surface area contributed by atoms with Gasteiger partial charge in [-0.1, -0.05) is 25.3 Å². The van der Waals surface area contributed by atoms with Crippen LogP contribution in [0.1, 0.15) is 42.5 Å². The number of nitrogens with two attached hydrogens (primary N) is 1. The van der Waals surface area contributed by atoms with Crippen LogP contribution in [0.3, 0.4) is 0 Å². The van der Waals surface area contributed by atoms with Gasteiger partial charge in [-0.15, -0.1) is 0 Å². The van der Waals surface area contributed by atoms with Crippen LogP contribution in [0.2, 0.25) is 0 Å². The molecular weight excluding hydrogens is 240 g/mol. The maximum absolute atomic E-state index is 11.7. The predicted molar refractivity (Wildman–Crippen MR) is 77.5 cm³/mol. The van der Waals surface area contributed by atoms with Crippen molar-refractivity contribution in [2.75, 3.05) is 30.8 Å². The van der Waals surface area contributed by atoms with E-state index in [0.29, 0.717) is 11.3 Å². The summed E-state index contributed by atoms with van der Waals surface area (Å²) in [5.41, 5.74) is 8.10. The monoisotopic (exact) mass is 262 g/mol. The zero-order valence-electron chi connectivity index (χ0n) is 11.5. The summed E-state index contributed by atoms with van der Waals surface area (Å²) in [6.07, 6.45) is 6.23. The average molecular weight is 262 g/mol. The van der Waals surface area contributed by atoms with Crippen molar-refractivity contribution in [3.05, 3.63) is 23.8 Å². The molecule has 2 rings (SSSR count). The summed E-state index contributed by atoms with van der Waals surface area (Å²) < 4.78 is 4.77. The van der Waals surface area contributed by atoms with Crippen molar-refractivity contribution in [1.82, 2.24) is 0 Å². The van der Waals surface area contributed by atoms with Crippen LogP contribution in [-0.2, 0) is 4.74 Å². The van der Waals surface area contributed by atoms with Crippen molar-refractivity contribution in [2.24, 2.45) is 0 Å². The molecule has 0 bridgehead atoms. The Morgan fingerprint density at radius 3 is 2.42 bits per heavy atom. The molecule has 4 heteroatoms. The first-order valence-electron chi connectivity index (χ1n) is 6.96. The zero-order chi connectivity index (χ0) is 13.7. The van der Waals surface area contributed by atoms with Gasteiger partial charge in [0.2, 0.25) is 0 Å². The third-order valence-corrected chi connectivity index (χ3v) is 3.69. The van der Waals surface area contributed by atoms with Crippen molar-refractivity contribution in [3.8, 4) is 0 Å². The van der Waals surface area contributed by atoms with Gasteiger partial charge in [-0.3, -0.25) is 0 Å². The Morgan fingerprint density at radius 2 is 1.79 bits per heavy atom. The van der Waals surface area contributed by atoms with Gasteiger partial charge in [-0.05, 0) is 25.0 Å². The fourth-order valence-electron chi connectivity index (χ4n) is 2.61. The van der Waals surface area contributed by atoms with E-state index in [0.717, 1.165) is 18.8 Å². The maximum atomic E-state index is 11.7. The summed E-state index contributed by atoms with van der Waals surface area (Å²) in [6.45, 7) is 2.02. The normalized spacial score (nSPS) is 16.6. The number of nitrogen functional groups attached to an aromatic ring is 1. The lowest BCUT2D eigenvalue weighted by molar-refractivity contribution is 0.0602. The van der Waals surface area contributed by atoms with E-state index < -0.39 is 0 Å². The number of rotatable bonds is 2. The second-order valence-electron chi connectivity index (χ2n) is 4.98. The molecule has 0 radical (unpaired) electrons. The number of ether oxygens (including phenoxy) is 1. The third-order valence-electron chi connectivity index (χ3n) is 3.69. The topological polar surface area (TPSA) is 55.6 Å². The quantitative estimate of drug-likeness (QED) is 0.657. The zero-order valence-corrected chi connectivity index (χ0v) is 11.5. The molecule has 2 N–H and O–H groups in total. The lowest BCUT2D eigenvalue weighted by Gasteiger charge is -2.28. The van der Waals surface area contributed by atoms with Crippen molar-refractivity contribution in [2.45, 2.75) is 32.1 Å². The number of carbonyl (C=O) groups excluding carboxylic acids is 1. The molecule has 0 aromatic heterocycles. The molecule has 104 valence electrons. The summed E-state index contributed by atoms with van der Waals surface area (Å²) in [7, 11) is 1.38. The number of hydrogen-bond acceptors (Lipinski definition) is 4. The van der Waals surface area contributed by atoms with E-state index >= 15 is 0 Å². The van der Waals surface area contributed by atoms with Crippen LogP contribution >= 0.6 is 0 Å². The number of carbonyl (C=O) groups is 1. The van der Waals surface area contributed by atoms with E-state index in [1.165, 1.54) is 39.2 Å². The van der Waals surface area contributed by atoms with Gasteiger partial charge >= 0.3 is 5.97 Å². The van der Waals surface area contributed by atoms with Crippen LogP contribution in [0.5, 0.6) is 0 Å². The molecular formula is C15H22N2O2. The standard InChI is InChI=1S/C15H22N2O2/c1-19-15(18)12-8-7-9-13(14(12)16)17-10-5-3-2-4-6-11-17/h7-9H,2-6,10-11,16H2,1H3. The second kappa shape index (κ2) is 6.45. The van der Waals surface area contributed by atoms with Gasteiger partial charge in [0, 0.05) is 13.1 Å². The highest BCUT2D eigenvalue weighted by Gasteiger charge is 2.17. The number of anilines is 2. The molecule has 0 aliphatic carbocycles. The van der Waals surface area contributed by atoms with Crippen LogP contribution in [-0.4, -0.2) is 26.2 Å². The smallest absolute Gasteiger partial charge is 0.340 e. The van der Waals surface area contributed by atoms with Crippen molar-refractivity contribution in [3.63, 3.8) is 0 Å². The van der Waals surface area contributed by atoms with Gasteiger partial charge in [-0.2, -0.15) is 0 Å². The SMILES string of the molecule is COC(=O)c1cccc(N2CCCCCCC2)c1N. The lowest BCUT2D eigenvalue weighted by Crippen LogP contribution is -2.28. The minimum absolute atomic E-state index is 0.369. The molecule has 1 aliphatic rings. The van der Waals surface area contributed by atoms with Gasteiger partial charge < -0.3 is 15.4 Å². The molecule has 1 fully saturated rings. The minimum Gasteiger partial charge on any atom is -0.465 e. The average Bonchev–Trinajstić information content (AvgIpc) is 2.39. The summed E-state index contributed by atoms with van der Waals surface area (Å²) in [5, 5.41) is 0. The molecule has 1 aromatic rings.